The summed E-state index contributed by atoms with van der Waals surface area (Å²) in [6.45, 7) is 1.88. The molecule has 0 atom stereocenters. The van der Waals surface area contributed by atoms with E-state index in [4.69, 9.17) is 9.47 Å². The van der Waals surface area contributed by atoms with Crippen LogP contribution in [0.2, 0.25) is 0 Å². The first kappa shape index (κ1) is 13.9. The van der Waals surface area contributed by atoms with E-state index in [0.29, 0.717) is 31.9 Å². The smallest absolute Gasteiger partial charge is 0.266 e. The molecule has 1 saturated heterocycles. The molecule has 0 amide bonds. The van der Waals surface area contributed by atoms with Gasteiger partial charge in [-0.05, 0) is 24.6 Å². The van der Waals surface area contributed by atoms with Gasteiger partial charge in [0.15, 0.2) is 6.29 Å². The summed E-state index contributed by atoms with van der Waals surface area (Å²) in [6.07, 6.45) is 2.99. The van der Waals surface area contributed by atoms with Gasteiger partial charge in [0, 0.05) is 25.2 Å². The van der Waals surface area contributed by atoms with Crippen molar-refractivity contribution in [2.45, 2.75) is 25.7 Å². The van der Waals surface area contributed by atoms with Crippen molar-refractivity contribution in [2.75, 3.05) is 13.2 Å². The summed E-state index contributed by atoms with van der Waals surface area (Å²) in [7, 11) is 0. The highest BCUT2D eigenvalue weighted by Gasteiger charge is 2.14. The number of pyridine rings is 1. The first-order chi connectivity index (χ1) is 10.3. The van der Waals surface area contributed by atoms with Crippen LogP contribution in [-0.4, -0.2) is 34.3 Å². The minimum atomic E-state index is -0.244. The minimum Gasteiger partial charge on any atom is -0.353 e. The van der Waals surface area contributed by atoms with Crippen LogP contribution in [0.5, 0.6) is 0 Å². The van der Waals surface area contributed by atoms with E-state index in [1.807, 2.05) is 18.2 Å². The number of nitrogens with zero attached hydrogens (tertiary/aromatic N) is 3. The second-order valence-electron chi connectivity index (χ2n) is 4.81. The highest BCUT2D eigenvalue weighted by atomic mass is 16.7. The number of ether oxygens (including phenoxy) is 2. The summed E-state index contributed by atoms with van der Waals surface area (Å²) in [6, 6.07) is 8.80. The zero-order chi connectivity index (χ0) is 14.5. The molecule has 0 aliphatic carbocycles. The Morgan fingerprint density at radius 3 is 2.76 bits per heavy atom. The lowest BCUT2D eigenvalue weighted by Crippen LogP contribution is -2.29. The van der Waals surface area contributed by atoms with Crippen LogP contribution in [0.1, 0.15) is 12.8 Å². The Morgan fingerprint density at radius 1 is 1.14 bits per heavy atom. The molecular formula is C15H17N3O3. The summed E-state index contributed by atoms with van der Waals surface area (Å²) in [4.78, 5) is 16.1. The Morgan fingerprint density at radius 2 is 2.00 bits per heavy atom. The van der Waals surface area contributed by atoms with Gasteiger partial charge in [-0.15, -0.1) is 0 Å². The van der Waals surface area contributed by atoms with E-state index in [1.165, 1.54) is 10.7 Å². The Bertz CT molecular complexity index is 636. The van der Waals surface area contributed by atoms with Gasteiger partial charge in [0.2, 0.25) is 0 Å². The topological polar surface area (TPSA) is 66.2 Å². The molecule has 1 fully saturated rings. The van der Waals surface area contributed by atoms with Gasteiger partial charge in [-0.25, -0.2) is 4.68 Å². The number of hydrogen-bond acceptors (Lipinski definition) is 5. The third-order valence-corrected chi connectivity index (χ3v) is 3.27. The zero-order valence-corrected chi connectivity index (χ0v) is 11.6. The van der Waals surface area contributed by atoms with E-state index in [1.54, 1.807) is 12.3 Å². The average Bonchev–Trinajstić information content (AvgIpc) is 2.56. The Labute approximate surface area is 122 Å². The number of rotatable bonds is 4. The lowest BCUT2D eigenvalue weighted by Gasteiger charge is -2.23. The highest BCUT2D eigenvalue weighted by Crippen LogP contribution is 2.12. The molecule has 0 radical (unpaired) electrons. The van der Waals surface area contributed by atoms with Crippen LogP contribution in [0.4, 0.5) is 0 Å². The zero-order valence-electron chi connectivity index (χ0n) is 11.6. The van der Waals surface area contributed by atoms with E-state index in [0.717, 1.165) is 12.1 Å². The fourth-order valence-electron chi connectivity index (χ4n) is 2.19. The van der Waals surface area contributed by atoms with Gasteiger partial charge in [0.05, 0.1) is 18.9 Å². The first-order valence-electron chi connectivity index (χ1n) is 7.06. The highest BCUT2D eigenvalue weighted by molar-refractivity contribution is 5.52. The molecule has 0 spiro atoms. The van der Waals surface area contributed by atoms with Gasteiger partial charge in [0.25, 0.3) is 5.56 Å². The summed E-state index contributed by atoms with van der Waals surface area (Å²) < 4.78 is 12.4. The molecule has 2 aromatic heterocycles. The van der Waals surface area contributed by atoms with Crippen molar-refractivity contribution in [2.24, 2.45) is 0 Å². The van der Waals surface area contributed by atoms with E-state index >= 15 is 0 Å². The summed E-state index contributed by atoms with van der Waals surface area (Å²) >= 11 is 0. The number of aryl methyl sites for hydroxylation is 1. The molecule has 110 valence electrons. The van der Waals surface area contributed by atoms with Crippen molar-refractivity contribution in [1.29, 1.82) is 0 Å². The molecular weight excluding hydrogens is 270 g/mol. The lowest BCUT2D eigenvalue weighted by atomic mass is 10.2. The van der Waals surface area contributed by atoms with Crippen molar-refractivity contribution in [1.82, 2.24) is 14.8 Å². The third kappa shape index (κ3) is 3.53. The largest absolute Gasteiger partial charge is 0.353 e. The molecule has 0 saturated carbocycles. The maximum absolute atomic E-state index is 11.9. The van der Waals surface area contributed by atoms with Gasteiger partial charge in [0.1, 0.15) is 5.69 Å². The number of hydrogen-bond donors (Lipinski definition) is 0. The predicted octanol–water partition coefficient (Wildman–Crippen LogP) is 1.46. The molecule has 0 unspecified atom stereocenters. The molecule has 1 aliphatic rings. The Kier molecular flexibility index (Phi) is 4.37. The SMILES string of the molecule is O=c1ccc(-c2ccccn2)nn1CCC1OCCCO1. The van der Waals surface area contributed by atoms with Gasteiger partial charge in [-0.1, -0.05) is 6.07 Å². The minimum absolute atomic E-state index is 0.134. The number of aromatic nitrogens is 3. The van der Waals surface area contributed by atoms with E-state index < -0.39 is 0 Å². The van der Waals surface area contributed by atoms with Crippen molar-refractivity contribution in [3.05, 3.63) is 46.9 Å². The van der Waals surface area contributed by atoms with Crippen LogP contribution in [0.25, 0.3) is 11.4 Å². The van der Waals surface area contributed by atoms with Crippen LogP contribution in [0.3, 0.4) is 0 Å². The van der Waals surface area contributed by atoms with Crippen LogP contribution >= 0.6 is 0 Å². The fraction of sp³-hybridized carbons (Fsp3) is 0.400. The molecule has 3 rings (SSSR count). The maximum atomic E-state index is 11.9. The molecule has 0 N–H and O–H groups in total. The van der Waals surface area contributed by atoms with Crippen LogP contribution in [-0.2, 0) is 16.0 Å². The molecule has 0 aromatic carbocycles. The fourth-order valence-corrected chi connectivity index (χ4v) is 2.19. The molecule has 21 heavy (non-hydrogen) atoms. The molecule has 3 heterocycles. The second-order valence-corrected chi connectivity index (χ2v) is 4.81. The average molecular weight is 287 g/mol. The van der Waals surface area contributed by atoms with E-state index in [-0.39, 0.29) is 11.8 Å². The van der Waals surface area contributed by atoms with Crippen molar-refractivity contribution < 1.29 is 9.47 Å². The molecule has 0 bridgehead atoms. The van der Waals surface area contributed by atoms with Gasteiger partial charge in [-0.3, -0.25) is 9.78 Å². The Hall–Kier alpha value is -2.05. The molecule has 2 aromatic rings. The van der Waals surface area contributed by atoms with E-state index in [2.05, 4.69) is 10.1 Å². The molecule has 1 aliphatic heterocycles. The van der Waals surface area contributed by atoms with Gasteiger partial charge in [-0.2, -0.15) is 5.10 Å². The predicted molar refractivity (Wildman–Crippen MR) is 76.7 cm³/mol. The normalized spacial score (nSPS) is 16.0. The third-order valence-electron chi connectivity index (χ3n) is 3.27. The monoisotopic (exact) mass is 287 g/mol. The van der Waals surface area contributed by atoms with Crippen LogP contribution < -0.4 is 5.56 Å². The van der Waals surface area contributed by atoms with Crippen LogP contribution in [0, 0.1) is 0 Å². The summed E-state index contributed by atoms with van der Waals surface area (Å²) in [5.41, 5.74) is 1.29. The molecule has 6 nitrogen and oxygen atoms in total. The van der Waals surface area contributed by atoms with E-state index in [9.17, 15) is 4.79 Å². The van der Waals surface area contributed by atoms with Gasteiger partial charge < -0.3 is 9.47 Å². The van der Waals surface area contributed by atoms with Crippen LogP contribution in [0.15, 0.2) is 41.3 Å². The summed E-state index contributed by atoms with van der Waals surface area (Å²) in [5, 5.41) is 4.36. The summed E-state index contributed by atoms with van der Waals surface area (Å²) in [5.74, 6) is 0. The van der Waals surface area contributed by atoms with Gasteiger partial charge >= 0.3 is 0 Å². The first-order valence-corrected chi connectivity index (χ1v) is 7.06. The Balaban J connectivity index is 1.74. The second kappa shape index (κ2) is 6.60. The maximum Gasteiger partial charge on any atom is 0.266 e. The lowest BCUT2D eigenvalue weighted by molar-refractivity contribution is -0.182. The molecule has 6 heteroatoms. The van der Waals surface area contributed by atoms with Crippen molar-refractivity contribution in [3.8, 4) is 11.4 Å². The van der Waals surface area contributed by atoms with Crippen molar-refractivity contribution >= 4 is 0 Å². The quantitative estimate of drug-likeness (QED) is 0.851. The standard InChI is InChI=1S/C15H17N3O3/c19-14-6-5-13(12-4-1-2-8-16-12)17-18(14)9-7-15-20-10-3-11-21-15/h1-2,4-6,8,15H,3,7,9-11H2. The van der Waals surface area contributed by atoms with Crippen molar-refractivity contribution in [3.63, 3.8) is 0 Å².